The molecule has 0 aliphatic heterocycles. The lowest BCUT2D eigenvalue weighted by atomic mass is 9.82. The van der Waals surface area contributed by atoms with Gasteiger partial charge in [0.25, 0.3) is 0 Å². The first-order valence-corrected chi connectivity index (χ1v) is 7.97. The highest BCUT2D eigenvalue weighted by molar-refractivity contribution is 9.10. The van der Waals surface area contributed by atoms with Crippen molar-refractivity contribution in [3.05, 3.63) is 28.2 Å². The van der Waals surface area contributed by atoms with Gasteiger partial charge < -0.3 is 10.1 Å². The summed E-state index contributed by atoms with van der Waals surface area (Å²) in [6.45, 7) is 5.52. The van der Waals surface area contributed by atoms with E-state index in [0.29, 0.717) is 6.10 Å². The van der Waals surface area contributed by atoms with Crippen molar-refractivity contribution in [2.75, 3.05) is 7.05 Å². The molecule has 2 unspecified atom stereocenters. The third kappa shape index (κ3) is 4.22. The first kappa shape index (κ1) is 14.9. The van der Waals surface area contributed by atoms with E-state index in [1.54, 1.807) is 0 Å². The van der Waals surface area contributed by atoms with Gasteiger partial charge in [0.05, 0.1) is 6.10 Å². The van der Waals surface area contributed by atoms with Gasteiger partial charge in [0.2, 0.25) is 0 Å². The molecular formula is C16H24BrNO. The zero-order valence-electron chi connectivity index (χ0n) is 12.1. The fourth-order valence-corrected chi connectivity index (χ4v) is 3.50. The van der Waals surface area contributed by atoms with E-state index < -0.39 is 0 Å². The number of ether oxygens (including phenoxy) is 1. The largest absolute Gasteiger partial charge is 0.490 e. The van der Waals surface area contributed by atoms with Crippen LogP contribution in [-0.2, 0) is 6.54 Å². The van der Waals surface area contributed by atoms with E-state index in [1.165, 1.54) is 24.8 Å². The molecule has 1 aromatic rings. The molecule has 3 heteroatoms. The number of nitrogens with one attached hydrogen (secondary N) is 1. The summed E-state index contributed by atoms with van der Waals surface area (Å²) in [6, 6.07) is 6.29. The molecule has 0 heterocycles. The highest BCUT2D eigenvalue weighted by atomic mass is 79.9. The molecule has 0 saturated heterocycles. The van der Waals surface area contributed by atoms with Gasteiger partial charge in [-0.3, -0.25) is 0 Å². The summed E-state index contributed by atoms with van der Waals surface area (Å²) in [5.74, 6) is 2.56. The van der Waals surface area contributed by atoms with Crippen LogP contribution in [0.5, 0.6) is 5.75 Å². The Bertz CT molecular complexity index is 411. The number of benzene rings is 1. The molecule has 2 rings (SSSR count). The van der Waals surface area contributed by atoms with E-state index in [4.69, 9.17) is 4.74 Å². The van der Waals surface area contributed by atoms with Crippen LogP contribution in [0.4, 0.5) is 0 Å². The van der Waals surface area contributed by atoms with Gasteiger partial charge in [-0.15, -0.1) is 0 Å². The van der Waals surface area contributed by atoms with Crippen molar-refractivity contribution in [2.45, 2.75) is 45.8 Å². The Kier molecular flexibility index (Phi) is 5.28. The average Bonchev–Trinajstić information content (AvgIpc) is 2.32. The Morgan fingerprint density at radius 2 is 1.89 bits per heavy atom. The number of hydrogen-bond acceptors (Lipinski definition) is 2. The van der Waals surface area contributed by atoms with Crippen LogP contribution in [0.3, 0.4) is 0 Å². The predicted molar refractivity (Wildman–Crippen MR) is 83.5 cm³/mol. The zero-order chi connectivity index (χ0) is 13.8. The first-order chi connectivity index (χ1) is 9.08. The van der Waals surface area contributed by atoms with E-state index in [0.717, 1.165) is 28.6 Å². The molecule has 19 heavy (non-hydrogen) atoms. The molecular weight excluding hydrogens is 302 g/mol. The maximum absolute atomic E-state index is 6.19. The summed E-state index contributed by atoms with van der Waals surface area (Å²) in [5, 5.41) is 3.18. The molecule has 1 aliphatic carbocycles. The van der Waals surface area contributed by atoms with Gasteiger partial charge in [0.1, 0.15) is 5.75 Å². The molecule has 0 amide bonds. The van der Waals surface area contributed by atoms with Crippen LogP contribution in [0.2, 0.25) is 0 Å². The summed E-state index contributed by atoms with van der Waals surface area (Å²) in [6.07, 6.45) is 4.08. The molecule has 0 spiro atoms. The van der Waals surface area contributed by atoms with Crippen LogP contribution < -0.4 is 10.1 Å². The molecule has 0 aromatic heterocycles. The quantitative estimate of drug-likeness (QED) is 0.887. The van der Waals surface area contributed by atoms with E-state index in [9.17, 15) is 0 Å². The van der Waals surface area contributed by atoms with Crippen LogP contribution in [0.15, 0.2) is 22.7 Å². The molecule has 0 bridgehead atoms. The van der Waals surface area contributed by atoms with Crippen LogP contribution in [-0.4, -0.2) is 13.2 Å². The van der Waals surface area contributed by atoms with Crippen LogP contribution in [0.1, 0.15) is 38.7 Å². The number of hydrogen-bond donors (Lipinski definition) is 1. The minimum atomic E-state index is 0.377. The van der Waals surface area contributed by atoms with Crippen molar-refractivity contribution >= 4 is 15.9 Å². The minimum absolute atomic E-state index is 0.377. The van der Waals surface area contributed by atoms with Crippen molar-refractivity contribution < 1.29 is 4.74 Å². The topological polar surface area (TPSA) is 21.3 Å². The molecule has 1 fully saturated rings. The SMILES string of the molecule is CNCc1cc(OC2CC(C)CC(C)C2)ccc1Br. The smallest absolute Gasteiger partial charge is 0.120 e. The van der Waals surface area contributed by atoms with Gasteiger partial charge in [-0.2, -0.15) is 0 Å². The van der Waals surface area contributed by atoms with Crippen LogP contribution in [0, 0.1) is 11.8 Å². The lowest BCUT2D eigenvalue weighted by molar-refractivity contribution is 0.101. The van der Waals surface area contributed by atoms with Crippen LogP contribution in [0.25, 0.3) is 0 Å². The zero-order valence-corrected chi connectivity index (χ0v) is 13.7. The normalized spacial score (nSPS) is 27.3. The Morgan fingerprint density at radius 1 is 1.21 bits per heavy atom. The van der Waals surface area contributed by atoms with Crippen LogP contribution >= 0.6 is 15.9 Å². The van der Waals surface area contributed by atoms with E-state index >= 15 is 0 Å². The molecule has 1 aliphatic rings. The van der Waals surface area contributed by atoms with Crippen molar-refractivity contribution in [3.63, 3.8) is 0 Å². The van der Waals surface area contributed by atoms with Gasteiger partial charge in [-0.05, 0) is 61.9 Å². The monoisotopic (exact) mass is 325 g/mol. The van der Waals surface area contributed by atoms with Crippen molar-refractivity contribution in [2.24, 2.45) is 11.8 Å². The summed E-state index contributed by atoms with van der Waals surface area (Å²) < 4.78 is 7.33. The molecule has 1 saturated carbocycles. The Hall–Kier alpha value is -0.540. The summed E-state index contributed by atoms with van der Waals surface area (Å²) in [5.41, 5.74) is 1.25. The van der Waals surface area contributed by atoms with Gasteiger partial charge in [-0.25, -0.2) is 0 Å². The summed E-state index contributed by atoms with van der Waals surface area (Å²) in [4.78, 5) is 0. The third-order valence-corrected chi connectivity index (χ3v) is 4.60. The number of halogens is 1. The summed E-state index contributed by atoms with van der Waals surface area (Å²) >= 11 is 3.58. The standard InChI is InChI=1S/C16H24BrNO/c1-11-6-12(2)8-15(7-11)19-14-4-5-16(17)13(9-14)10-18-3/h4-5,9,11-12,15,18H,6-8,10H2,1-3H3. The highest BCUT2D eigenvalue weighted by Crippen LogP contribution is 2.32. The molecule has 2 nitrogen and oxygen atoms in total. The molecule has 1 N–H and O–H groups in total. The van der Waals surface area contributed by atoms with Crippen molar-refractivity contribution in [1.29, 1.82) is 0 Å². The molecule has 2 atom stereocenters. The van der Waals surface area contributed by atoms with Gasteiger partial charge in [-0.1, -0.05) is 29.8 Å². The Balaban J connectivity index is 2.04. The Morgan fingerprint density at radius 3 is 2.53 bits per heavy atom. The van der Waals surface area contributed by atoms with Gasteiger partial charge in [0.15, 0.2) is 0 Å². The van der Waals surface area contributed by atoms with Gasteiger partial charge >= 0.3 is 0 Å². The first-order valence-electron chi connectivity index (χ1n) is 7.18. The fourth-order valence-electron chi connectivity index (χ4n) is 3.11. The fraction of sp³-hybridized carbons (Fsp3) is 0.625. The van der Waals surface area contributed by atoms with E-state index in [1.807, 2.05) is 7.05 Å². The lowest BCUT2D eigenvalue weighted by Crippen LogP contribution is -2.28. The highest BCUT2D eigenvalue weighted by Gasteiger charge is 2.25. The van der Waals surface area contributed by atoms with E-state index in [2.05, 4.69) is 53.3 Å². The average molecular weight is 326 g/mol. The second kappa shape index (κ2) is 6.76. The number of rotatable bonds is 4. The van der Waals surface area contributed by atoms with Gasteiger partial charge in [0, 0.05) is 11.0 Å². The lowest BCUT2D eigenvalue weighted by Gasteiger charge is -2.31. The summed E-state index contributed by atoms with van der Waals surface area (Å²) in [7, 11) is 1.96. The third-order valence-electron chi connectivity index (χ3n) is 3.82. The molecule has 1 aromatic carbocycles. The maximum atomic E-state index is 6.19. The maximum Gasteiger partial charge on any atom is 0.120 e. The molecule has 0 radical (unpaired) electrons. The predicted octanol–water partition coefficient (Wildman–Crippen LogP) is 4.37. The Labute approximate surface area is 125 Å². The van der Waals surface area contributed by atoms with Crippen molar-refractivity contribution in [1.82, 2.24) is 5.32 Å². The second-order valence-electron chi connectivity index (χ2n) is 5.94. The minimum Gasteiger partial charge on any atom is -0.490 e. The second-order valence-corrected chi connectivity index (χ2v) is 6.80. The van der Waals surface area contributed by atoms with Crippen molar-refractivity contribution in [3.8, 4) is 5.75 Å². The molecule has 106 valence electrons. The van der Waals surface area contributed by atoms with E-state index in [-0.39, 0.29) is 0 Å².